The first-order chi connectivity index (χ1) is 8.29. The van der Waals surface area contributed by atoms with Gasteiger partial charge in [-0.15, -0.1) is 11.3 Å². The predicted molar refractivity (Wildman–Crippen MR) is 77.9 cm³/mol. The molecule has 1 unspecified atom stereocenters. The Morgan fingerprint density at radius 3 is 2.76 bits per heavy atom. The largest absolute Gasteiger partial charge is 0.363 e. The highest BCUT2D eigenvalue weighted by molar-refractivity contribution is 7.16. The molecule has 94 valence electrons. The van der Waals surface area contributed by atoms with Crippen molar-refractivity contribution in [2.24, 2.45) is 0 Å². The minimum absolute atomic E-state index is 0.440. The Bertz CT molecular complexity index is 364. The van der Waals surface area contributed by atoms with E-state index in [1.807, 2.05) is 18.4 Å². The molecule has 2 nitrogen and oxygen atoms in total. The van der Waals surface area contributed by atoms with Gasteiger partial charge in [-0.25, -0.2) is 0 Å². The normalized spacial score (nSPS) is 18.8. The van der Waals surface area contributed by atoms with Crippen LogP contribution in [0.3, 0.4) is 0 Å². The van der Waals surface area contributed by atoms with Crippen LogP contribution < -0.4 is 10.2 Å². The van der Waals surface area contributed by atoms with Gasteiger partial charge in [0.15, 0.2) is 0 Å². The minimum atomic E-state index is 0.440. The maximum absolute atomic E-state index is 3.21. The van der Waals surface area contributed by atoms with Crippen molar-refractivity contribution in [3.05, 3.63) is 23.1 Å². The molecule has 1 saturated heterocycles. The van der Waals surface area contributed by atoms with Gasteiger partial charge in [-0.3, -0.25) is 0 Å². The highest BCUT2D eigenvalue weighted by Crippen LogP contribution is 2.29. The van der Waals surface area contributed by atoms with Crippen molar-refractivity contribution >= 4 is 22.4 Å². The van der Waals surface area contributed by atoms with Gasteiger partial charge >= 0.3 is 0 Å². The Morgan fingerprint density at radius 2 is 2.06 bits per heavy atom. The lowest BCUT2D eigenvalue weighted by molar-refractivity contribution is 0.580. The van der Waals surface area contributed by atoms with Crippen LogP contribution in [0.2, 0.25) is 0 Å². The lowest BCUT2D eigenvalue weighted by Gasteiger charge is -2.27. The van der Waals surface area contributed by atoms with E-state index >= 15 is 0 Å². The van der Waals surface area contributed by atoms with Gasteiger partial charge in [0.2, 0.25) is 0 Å². The maximum Gasteiger partial charge on any atom is 0.0914 e. The average molecular weight is 250 g/mol. The van der Waals surface area contributed by atoms with Crippen LogP contribution in [0.15, 0.2) is 18.2 Å². The first-order valence-electron chi connectivity index (χ1n) is 6.50. The van der Waals surface area contributed by atoms with E-state index in [1.54, 1.807) is 0 Å². The van der Waals surface area contributed by atoms with Gasteiger partial charge in [0, 0.05) is 24.0 Å². The van der Waals surface area contributed by atoms with Crippen molar-refractivity contribution in [1.82, 2.24) is 5.32 Å². The number of nitrogens with zero attached hydrogens (tertiary/aromatic N) is 1. The second-order valence-corrected chi connectivity index (χ2v) is 5.75. The molecule has 0 bridgehead atoms. The summed E-state index contributed by atoms with van der Waals surface area (Å²) >= 11 is 1.90. The van der Waals surface area contributed by atoms with E-state index in [1.165, 1.54) is 42.2 Å². The SMILES string of the molecule is CNC(C)/C=C/c1ccc(N2CCCCC2)s1. The summed E-state index contributed by atoms with van der Waals surface area (Å²) in [6.45, 7) is 4.63. The van der Waals surface area contributed by atoms with Crippen LogP contribution in [0.25, 0.3) is 6.08 Å². The molecule has 1 fully saturated rings. The fourth-order valence-electron chi connectivity index (χ4n) is 2.05. The van der Waals surface area contributed by atoms with E-state index < -0.39 is 0 Å². The van der Waals surface area contributed by atoms with Crippen LogP contribution in [0.5, 0.6) is 0 Å². The van der Waals surface area contributed by atoms with Gasteiger partial charge in [0.25, 0.3) is 0 Å². The lowest BCUT2D eigenvalue weighted by atomic mass is 10.1. The van der Waals surface area contributed by atoms with Gasteiger partial charge in [-0.2, -0.15) is 0 Å². The van der Waals surface area contributed by atoms with E-state index in [9.17, 15) is 0 Å². The molecule has 0 radical (unpaired) electrons. The third kappa shape index (κ3) is 3.58. The van der Waals surface area contributed by atoms with Gasteiger partial charge in [-0.05, 0) is 51.4 Å². The van der Waals surface area contributed by atoms with Crippen molar-refractivity contribution in [2.45, 2.75) is 32.2 Å². The molecular formula is C14H22N2S. The number of nitrogens with one attached hydrogen (secondary N) is 1. The van der Waals surface area contributed by atoms with Crippen LogP contribution in [0.1, 0.15) is 31.1 Å². The molecular weight excluding hydrogens is 228 g/mol. The van der Waals surface area contributed by atoms with Gasteiger partial charge in [-0.1, -0.05) is 6.08 Å². The van der Waals surface area contributed by atoms with Crippen molar-refractivity contribution in [3.8, 4) is 0 Å². The monoisotopic (exact) mass is 250 g/mol. The Morgan fingerprint density at radius 1 is 1.29 bits per heavy atom. The Hall–Kier alpha value is -0.800. The number of thiophene rings is 1. The predicted octanol–water partition coefficient (Wildman–Crippen LogP) is 3.36. The van der Waals surface area contributed by atoms with Crippen LogP contribution in [-0.4, -0.2) is 26.2 Å². The molecule has 0 aliphatic carbocycles. The average Bonchev–Trinajstić information content (AvgIpc) is 2.86. The Kier molecular flexibility index (Phi) is 4.63. The fourth-order valence-corrected chi connectivity index (χ4v) is 3.02. The summed E-state index contributed by atoms with van der Waals surface area (Å²) in [5.41, 5.74) is 0. The molecule has 1 aromatic rings. The summed E-state index contributed by atoms with van der Waals surface area (Å²) in [6, 6.07) is 4.93. The van der Waals surface area contributed by atoms with E-state index in [4.69, 9.17) is 0 Å². The van der Waals surface area contributed by atoms with E-state index in [2.05, 4.69) is 41.4 Å². The number of rotatable bonds is 4. The minimum Gasteiger partial charge on any atom is -0.363 e. The molecule has 17 heavy (non-hydrogen) atoms. The summed E-state index contributed by atoms with van der Waals surface area (Å²) in [5, 5.41) is 4.64. The van der Waals surface area contributed by atoms with Gasteiger partial charge in [0.05, 0.1) is 5.00 Å². The second-order valence-electron chi connectivity index (χ2n) is 4.66. The fraction of sp³-hybridized carbons (Fsp3) is 0.571. The molecule has 3 heteroatoms. The molecule has 2 rings (SSSR count). The number of hydrogen-bond acceptors (Lipinski definition) is 3. The molecule has 0 saturated carbocycles. The summed E-state index contributed by atoms with van der Waals surface area (Å²) in [5.74, 6) is 0. The standard InChI is InChI=1S/C14H22N2S/c1-12(15-2)6-7-13-8-9-14(17-13)16-10-4-3-5-11-16/h6-9,12,15H,3-5,10-11H2,1-2H3/b7-6+. The first-order valence-corrected chi connectivity index (χ1v) is 7.31. The number of anilines is 1. The molecule has 1 aliphatic rings. The highest BCUT2D eigenvalue weighted by Gasteiger charge is 2.12. The van der Waals surface area contributed by atoms with Crippen LogP contribution in [0, 0.1) is 0 Å². The molecule has 0 amide bonds. The quantitative estimate of drug-likeness (QED) is 0.881. The maximum atomic E-state index is 3.21. The second kappa shape index (κ2) is 6.22. The number of likely N-dealkylation sites (N-methyl/N-ethyl adjacent to an activating group) is 1. The molecule has 1 aromatic heterocycles. The smallest absolute Gasteiger partial charge is 0.0914 e. The molecule has 1 atom stereocenters. The third-order valence-corrected chi connectivity index (χ3v) is 4.40. The first kappa shape index (κ1) is 12.7. The topological polar surface area (TPSA) is 15.3 Å². The molecule has 1 aliphatic heterocycles. The molecule has 1 N–H and O–H groups in total. The van der Waals surface area contributed by atoms with Crippen molar-refractivity contribution < 1.29 is 0 Å². The van der Waals surface area contributed by atoms with E-state index in [0.29, 0.717) is 6.04 Å². The van der Waals surface area contributed by atoms with Crippen molar-refractivity contribution in [1.29, 1.82) is 0 Å². The summed E-state index contributed by atoms with van der Waals surface area (Å²) in [7, 11) is 1.99. The summed E-state index contributed by atoms with van der Waals surface area (Å²) in [6.07, 6.45) is 8.53. The summed E-state index contributed by atoms with van der Waals surface area (Å²) < 4.78 is 0. The van der Waals surface area contributed by atoms with Crippen LogP contribution in [-0.2, 0) is 0 Å². The van der Waals surface area contributed by atoms with E-state index in [0.717, 1.165) is 0 Å². The van der Waals surface area contributed by atoms with Gasteiger partial charge in [0.1, 0.15) is 0 Å². The molecule has 0 aromatic carbocycles. The van der Waals surface area contributed by atoms with E-state index in [-0.39, 0.29) is 0 Å². The zero-order valence-electron chi connectivity index (χ0n) is 10.8. The molecule has 0 spiro atoms. The van der Waals surface area contributed by atoms with Gasteiger partial charge < -0.3 is 10.2 Å². The van der Waals surface area contributed by atoms with Crippen molar-refractivity contribution in [2.75, 3.05) is 25.0 Å². The molecule has 2 heterocycles. The summed E-state index contributed by atoms with van der Waals surface area (Å²) in [4.78, 5) is 3.88. The zero-order valence-corrected chi connectivity index (χ0v) is 11.6. The van der Waals surface area contributed by atoms with Crippen LogP contribution >= 0.6 is 11.3 Å². The Balaban J connectivity index is 1.97. The number of piperidine rings is 1. The zero-order chi connectivity index (χ0) is 12.1. The third-order valence-electron chi connectivity index (χ3n) is 3.28. The number of hydrogen-bond donors (Lipinski definition) is 1. The lowest BCUT2D eigenvalue weighted by Crippen LogP contribution is -2.28. The van der Waals surface area contributed by atoms with Crippen LogP contribution in [0.4, 0.5) is 5.00 Å². The Labute approximate surface area is 108 Å². The highest BCUT2D eigenvalue weighted by atomic mass is 32.1. The van der Waals surface area contributed by atoms with Crippen molar-refractivity contribution in [3.63, 3.8) is 0 Å².